The molecule has 1 aromatic rings. The Labute approximate surface area is 148 Å². The minimum absolute atomic E-state index is 0.0384. The minimum Gasteiger partial charge on any atom is -0.508 e. The number of halogens is 3. The number of hydrogen-bond acceptors (Lipinski definition) is 2. The highest BCUT2D eigenvalue weighted by atomic mass is 19.4. The quantitative estimate of drug-likeness (QED) is 0.691. The van der Waals surface area contributed by atoms with Crippen molar-refractivity contribution in [3.05, 3.63) is 23.3 Å². The van der Waals surface area contributed by atoms with Crippen LogP contribution in [0.5, 0.6) is 11.5 Å². The molecule has 1 aliphatic rings. The zero-order valence-electron chi connectivity index (χ0n) is 15.4. The molecule has 1 aliphatic carbocycles. The van der Waals surface area contributed by atoms with Gasteiger partial charge >= 0.3 is 6.18 Å². The maximum absolute atomic E-state index is 13.9. The standard InChI is InChI=1S/C20H29F3O2/c1-5-6-13-9-15(24)18(16(25)10-13)17-14(11(2)3)8-7-12(4)19(17)20(21,22)23/h9-12,14,17,19,24-25H,5-8H2,1-4H3. The van der Waals surface area contributed by atoms with E-state index in [0.717, 1.165) is 12.0 Å². The molecule has 0 bridgehead atoms. The van der Waals surface area contributed by atoms with Gasteiger partial charge in [-0.05, 0) is 54.7 Å². The molecule has 5 heteroatoms. The first-order valence-electron chi connectivity index (χ1n) is 9.19. The van der Waals surface area contributed by atoms with Crippen LogP contribution < -0.4 is 0 Å². The van der Waals surface area contributed by atoms with Crippen LogP contribution in [0.1, 0.15) is 64.0 Å². The van der Waals surface area contributed by atoms with Crippen molar-refractivity contribution >= 4 is 0 Å². The fourth-order valence-electron chi connectivity index (χ4n) is 4.56. The largest absolute Gasteiger partial charge is 0.508 e. The summed E-state index contributed by atoms with van der Waals surface area (Å²) >= 11 is 0. The van der Waals surface area contributed by atoms with Crippen LogP contribution in [0.4, 0.5) is 13.2 Å². The fraction of sp³-hybridized carbons (Fsp3) is 0.700. The molecule has 0 radical (unpaired) electrons. The summed E-state index contributed by atoms with van der Waals surface area (Å²) in [5.74, 6) is -3.60. The molecule has 1 saturated carbocycles. The van der Waals surface area contributed by atoms with Crippen LogP contribution in [0.3, 0.4) is 0 Å². The molecule has 0 aliphatic heterocycles. The lowest BCUT2D eigenvalue weighted by atomic mass is 9.61. The van der Waals surface area contributed by atoms with Crippen LogP contribution in [0, 0.1) is 23.7 Å². The zero-order chi connectivity index (χ0) is 18.9. The van der Waals surface area contributed by atoms with E-state index in [4.69, 9.17) is 0 Å². The van der Waals surface area contributed by atoms with Gasteiger partial charge < -0.3 is 10.2 Å². The monoisotopic (exact) mass is 358 g/mol. The summed E-state index contributed by atoms with van der Waals surface area (Å²) in [6, 6.07) is 3.03. The Balaban J connectivity index is 2.59. The second kappa shape index (κ2) is 7.46. The van der Waals surface area contributed by atoms with Gasteiger partial charge in [0.1, 0.15) is 11.5 Å². The van der Waals surface area contributed by atoms with E-state index in [1.807, 2.05) is 20.8 Å². The van der Waals surface area contributed by atoms with Gasteiger partial charge in [0.05, 0.1) is 5.92 Å². The van der Waals surface area contributed by atoms with Crippen molar-refractivity contribution in [2.24, 2.45) is 23.7 Å². The smallest absolute Gasteiger partial charge is 0.392 e. The zero-order valence-corrected chi connectivity index (χ0v) is 15.4. The van der Waals surface area contributed by atoms with E-state index in [1.165, 1.54) is 12.1 Å². The van der Waals surface area contributed by atoms with Crippen molar-refractivity contribution in [1.29, 1.82) is 0 Å². The summed E-state index contributed by atoms with van der Waals surface area (Å²) in [6.45, 7) is 7.43. The molecular weight excluding hydrogens is 329 g/mol. The average molecular weight is 358 g/mol. The van der Waals surface area contributed by atoms with Crippen molar-refractivity contribution in [2.75, 3.05) is 0 Å². The molecular formula is C20H29F3O2. The van der Waals surface area contributed by atoms with Crippen LogP contribution in [0.25, 0.3) is 0 Å². The van der Waals surface area contributed by atoms with Crippen LogP contribution in [-0.4, -0.2) is 16.4 Å². The lowest BCUT2D eigenvalue weighted by Crippen LogP contribution is -2.42. The van der Waals surface area contributed by atoms with Crippen LogP contribution in [-0.2, 0) is 6.42 Å². The number of aryl methyl sites for hydroxylation is 1. The number of rotatable bonds is 4. The van der Waals surface area contributed by atoms with Gasteiger partial charge in [-0.2, -0.15) is 13.2 Å². The van der Waals surface area contributed by atoms with Crippen molar-refractivity contribution in [1.82, 2.24) is 0 Å². The Morgan fingerprint density at radius 1 is 1.12 bits per heavy atom. The Morgan fingerprint density at radius 2 is 1.68 bits per heavy atom. The maximum atomic E-state index is 13.9. The van der Waals surface area contributed by atoms with Crippen molar-refractivity contribution in [3.63, 3.8) is 0 Å². The van der Waals surface area contributed by atoms with Crippen LogP contribution in [0.15, 0.2) is 12.1 Å². The van der Waals surface area contributed by atoms with E-state index < -0.39 is 23.9 Å². The SMILES string of the molecule is CCCc1cc(O)c(C2C(C(C)C)CCC(C)C2C(F)(F)F)c(O)c1. The van der Waals surface area contributed by atoms with Gasteiger partial charge in [-0.15, -0.1) is 0 Å². The number of phenols is 2. The molecule has 25 heavy (non-hydrogen) atoms. The van der Waals surface area contributed by atoms with Gasteiger partial charge in [-0.1, -0.05) is 34.1 Å². The first kappa shape index (κ1) is 19.9. The maximum Gasteiger partial charge on any atom is 0.392 e. The first-order valence-corrected chi connectivity index (χ1v) is 9.19. The van der Waals surface area contributed by atoms with Crippen molar-refractivity contribution in [2.45, 2.75) is 65.5 Å². The molecule has 2 rings (SSSR count). The molecule has 2 nitrogen and oxygen atoms in total. The van der Waals surface area contributed by atoms with Gasteiger partial charge in [0.2, 0.25) is 0 Å². The molecule has 1 aromatic carbocycles. The molecule has 0 spiro atoms. The van der Waals surface area contributed by atoms with Gasteiger partial charge in [0, 0.05) is 11.5 Å². The molecule has 142 valence electrons. The van der Waals surface area contributed by atoms with Crippen molar-refractivity contribution < 1.29 is 23.4 Å². The van der Waals surface area contributed by atoms with Crippen LogP contribution in [0.2, 0.25) is 0 Å². The van der Waals surface area contributed by atoms with Gasteiger partial charge in [-0.3, -0.25) is 0 Å². The average Bonchev–Trinajstić information content (AvgIpc) is 2.45. The molecule has 4 unspecified atom stereocenters. The third-order valence-electron chi connectivity index (χ3n) is 5.72. The summed E-state index contributed by atoms with van der Waals surface area (Å²) in [5.41, 5.74) is 0.821. The van der Waals surface area contributed by atoms with Crippen molar-refractivity contribution in [3.8, 4) is 11.5 Å². The summed E-state index contributed by atoms with van der Waals surface area (Å²) in [6.07, 6.45) is -1.68. The third kappa shape index (κ3) is 4.06. The van der Waals surface area contributed by atoms with E-state index in [-0.39, 0.29) is 28.9 Å². The Morgan fingerprint density at radius 3 is 2.12 bits per heavy atom. The van der Waals surface area contributed by atoms with E-state index in [9.17, 15) is 23.4 Å². The summed E-state index contributed by atoms with van der Waals surface area (Å²) in [7, 11) is 0. The lowest BCUT2D eigenvalue weighted by Gasteiger charge is -2.45. The highest BCUT2D eigenvalue weighted by Gasteiger charge is 2.54. The second-order valence-electron chi connectivity index (χ2n) is 7.85. The molecule has 0 saturated heterocycles. The summed E-state index contributed by atoms with van der Waals surface area (Å²) in [4.78, 5) is 0. The number of benzene rings is 1. The molecule has 0 heterocycles. The first-order chi connectivity index (χ1) is 11.6. The van der Waals surface area contributed by atoms with E-state index in [0.29, 0.717) is 19.3 Å². The Kier molecular flexibility index (Phi) is 5.95. The summed E-state index contributed by atoms with van der Waals surface area (Å²) < 4.78 is 41.6. The predicted octanol–water partition coefficient (Wildman–Crippen LogP) is 6.01. The summed E-state index contributed by atoms with van der Waals surface area (Å²) in [5, 5.41) is 21.0. The third-order valence-corrected chi connectivity index (χ3v) is 5.72. The molecule has 0 aromatic heterocycles. The van der Waals surface area contributed by atoms with Crippen LogP contribution >= 0.6 is 0 Å². The molecule has 4 atom stereocenters. The predicted molar refractivity (Wildman–Crippen MR) is 92.8 cm³/mol. The van der Waals surface area contributed by atoms with E-state index >= 15 is 0 Å². The fourth-order valence-corrected chi connectivity index (χ4v) is 4.56. The number of phenolic OH excluding ortho intramolecular Hbond substituents is 2. The van der Waals surface area contributed by atoms with Gasteiger partial charge in [0.25, 0.3) is 0 Å². The second-order valence-corrected chi connectivity index (χ2v) is 7.85. The topological polar surface area (TPSA) is 40.5 Å². The lowest BCUT2D eigenvalue weighted by molar-refractivity contribution is -0.207. The highest BCUT2D eigenvalue weighted by Crippen LogP contribution is 2.56. The molecule has 2 N–H and O–H groups in total. The number of alkyl halides is 3. The Hall–Kier alpha value is -1.39. The highest BCUT2D eigenvalue weighted by molar-refractivity contribution is 5.49. The Bertz CT molecular complexity index is 572. The molecule has 0 amide bonds. The number of hydrogen-bond donors (Lipinski definition) is 2. The van der Waals surface area contributed by atoms with Gasteiger partial charge in [0.15, 0.2) is 0 Å². The normalized spacial score (nSPS) is 27.7. The minimum atomic E-state index is -4.36. The van der Waals surface area contributed by atoms with Gasteiger partial charge in [-0.25, -0.2) is 0 Å². The van der Waals surface area contributed by atoms with E-state index in [2.05, 4.69) is 0 Å². The number of aromatic hydroxyl groups is 2. The molecule has 1 fully saturated rings. The van der Waals surface area contributed by atoms with E-state index in [1.54, 1.807) is 6.92 Å².